The first-order valence-corrected chi connectivity index (χ1v) is 11.8. The number of hydrogen-bond donors (Lipinski definition) is 1. The van der Waals surface area contributed by atoms with Gasteiger partial charge in [-0.1, -0.05) is 41.7 Å². The molecule has 11 heteroatoms. The van der Waals surface area contributed by atoms with Gasteiger partial charge in [-0.3, -0.25) is 20.3 Å². The Hall–Kier alpha value is -3.44. The van der Waals surface area contributed by atoms with Gasteiger partial charge in [0.05, 0.1) is 16.3 Å². The third-order valence-corrected chi connectivity index (χ3v) is 6.53. The number of pyridine rings is 1. The molecule has 0 fully saturated rings. The van der Waals surface area contributed by atoms with Crippen LogP contribution in [0.3, 0.4) is 0 Å². The third kappa shape index (κ3) is 4.55. The molecule has 2 heterocycles. The van der Waals surface area contributed by atoms with Gasteiger partial charge in [0.25, 0.3) is 5.91 Å². The molecule has 0 saturated heterocycles. The minimum atomic E-state index is -1.38. The summed E-state index contributed by atoms with van der Waals surface area (Å²) in [5.74, 6) is -0.778. The number of para-hydroxylation sites is 1. The lowest BCUT2D eigenvalue weighted by Crippen LogP contribution is -2.42. The lowest BCUT2D eigenvalue weighted by Gasteiger charge is -2.23. The predicted octanol–water partition coefficient (Wildman–Crippen LogP) is 5.08. The molecule has 1 atom stereocenters. The van der Waals surface area contributed by atoms with E-state index in [0.717, 1.165) is 11.8 Å². The van der Waals surface area contributed by atoms with Crippen molar-refractivity contribution >= 4 is 46.0 Å². The highest BCUT2D eigenvalue weighted by Crippen LogP contribution is 2.39. The van der Waals surface area contributed by atoms with E-state index in [1.165, 1.54) is 53.2 Å². The van der Waals surface area contributed by atoms with E-state index in [9.17, 15) is 19.3 Å². The molecule has 3 aromatic rings. The van der Waals surface area contributed by atoms with Crippen LogP contribution in [0.4, 0.5) is 15.8 Å². The number of amides is 1. The maximum Gasteiger partial charge on any atom is 0.301 e. The van der Waals surface area contributed by atoms with Crippen molar-refractivity contribution in [1.29, 1.82) is 0 Å². The first-order chi connectivity index (χ1) is 15.8. The smallest absolute Gasteiger partial charge is 0.289 e. The number of hydrogen-bond acceptors (Lipinski definition) is 8. The first-order valence-electron chi connectivity index (χ1n) is 9.71. The fourth-order valence-corrected chi connectivity index (χ4v) is 4.64. The van der Waals surface area contributed by atoms with Crippen LogP contribution < -0.4 is 5.43 Å². The Kier molecular flexibility index (Phi) is 6.34. The Bertz CT molecular complexity index is 1240. The van der Waals surface area contributed by atoms with Crippen molar-refractivity contribution in [3.8, 4) is 0 Å². The molecule has 0 aliphatic carbocycles. The van der Waals surface area contributed by atoms with Crippen LogP contribution in [-0.2, 0) is 10.3 Å². The molecule has 8 nitrogen and oxygen atoms in total. The van der Waals surface area contributed by atoms with Crippen LogP contribution in [0.15, 0.2) is 81.6 Å². The maximum atomic E-state index is 13.4. The molecule has 0 bridgehead atoms. The molecule has 1 amide bonds. The molecule has 33 heavy (non-hydrogen) atoms. The molecule has 168 valence electrons. The highest BCUT2D eigenvalue weighted by Gasteiger charge is 2.48. The van der Waals surface area contributed by atoms with Crippen LogP contribution >= 0.6 is 23.5 Å². The molecule has 1 aliphatic heterocycles. The summed E-state index contributed by atoms with van der Waals surface area (Å²) in [6.45, 7) is 1.62. The number of halogens is 1. The summed E-state index contributed by atoms with van der Waals surface area (Å²) >= 11 is 2.31. The van der Waals surface area contributed by atoms with Crippen LogP contribution in [0, 0.1) is 15.9 Å². The lowest BCUT2D eigenvalue weighted by atomic mass is 9.97. The van der Waals surface area contributed by atoms with E-state index in [0.29, 0.717) is 15.8 Å². The van der Waals surface area contributed by atoms with Gasteiger partial charge in [-0.25, -0.2) is 14.4 Å². The van der Waals surface area contributed by atoms with Gasteiger partial charge in [-0.05, 0) is 55.6 Å². The summed E-state index contributed by atoms with van der Waals surface area (Å²) in [6.07, 6.45) is 1.80. The van der Waals surface area contributed by atoms with E-state index >= 15 is 0 Å². The number of thioether (sulfide) groups is 1. The van der Waals surface area contributed by atoms with Crippen molar-refractivity contribution in [2.75, 3.05) is 11.7 Å². The predicted molar refractivity (Wildman–Crippen MR) is 127 cm³/mol. The molecule has 1 aromatic heterocycles. The van der Waals surface area contributed by atoms with Crippen LogP contribution in [0.5, 0.6) is 0 Å². The van der Waals surface area contributed by atoms with Crippen LogP contribution in [0.1, 0.15) is 12.6 Å². The number of benzene rings is 2. The average molecular weight is 484 g/mol. The van der Waals surface area contributed by atoms with E-state index in [1.807, 2.05) is 30.3 Å². The number of hydrazine groups is 1. The van der Waals surface area contributed by atoms with Gasteiger partial charge >= 0.3 is 5.69 Å². The van der Waals surface area contributed by atoms with Crippen molar-refractivity contribution in [3.63, 3.8) is 0 Å². The van der Waals surface area contributed by atoms with Gasteiger partial charge < -0.3 is 0 Å². The second-order valence-electron chi connectivity index (χ2n) is 7.12. The summed E-state index contributed by atoms with van der Waals surface area (Å²) in [6, 6.07) is 17.5. The number of nitrogens with zero attached hydrogens (tertiary/aromatic N) is 4. The Morgan fingerprint density at radius 1 is 1.09 bits per heavy atom. The van der Waals surface area contributed by atoms with Gasteiger partial charge in [0.2, 0.25) is 0 Å². The summed E-state index contributed by atoms with van der Waals surface area (Å²) in [5, 5.41) is 13.5. The molecule has 0 saturated carbocycles. The highest BCUT2D eigenvalue weighted by molar-refractivity contribution is 8.13. The molecular weight excluding hydrogens is 465 g/mol. The van der Waals surface area contributed by atoms with Gasteiger partial charge in [-0.2, -0.15) is 5.01 Å². The molecule has 2 aromatic carbocycles. The number of anilines is 1. The second kappa shape index (κ2) is 9.20. The first kappa shape index (κ1) is 22.7. The minimum Gasteiger partial charge on any atom is -0.289 e. The molecule has 4 rings (SSSR count). The Morgan fingerprint density at radius 2 is 1.79 bits per heavy atom. The normalized spacial score (nSPS) is 17.7. The zero-order valence-electron chi connectivity index (χ0n) is 17.6. The minimum absolute atomic E-state index is 0.0912. The van der Waals surface area contributed by atoms with Gasteiger partial charge in [-0.15, -0.1) is 0 Å². The lowest BCUT2D eigenvalue weighted by molar-refractivity contribution is -0.388. The number of aromatic nitrogens is 1. The van der Waals surface area contributed by atoms with Crippen LogP contribution in [0.25, 0.3) is 0 Å². The zero-order valence-corrected chi connectivity index (χ0v) is 19.2. The van der Waals surface area contributed by atoms with Gasteiger partial charge in [0.15, 0.2) is 15.7 Å². The van der Waals surface area contributed by atoms with E-state index < -0.39 is 16.3 Å². The van der Waals surface area contributed by atoms with E-state index in [2.05, 4.69) is 15.4 Å². The van der Waals surface area contributed by atoms with Crippen LogP contribution in [-0.4, -0.2) is 32.2 Å². The zero-order chi connectivity index (χ0) is 23.6. The number of carbonyl (C=O) groups is 1. The van der Waals surface area contributed by atoms with Crippen molar-refractivity contribution < 1.29 is 14.1 Å². The summed E-state index contributed by atoms with van der Waals surface area (Å²) in [5.41, 5.74) is 2.45. The summed E-state index contributed by atoms with van der Waals surface area (Å²) < 4.78 is 13.3. The maximum absolute atomic E-state index is 13.4. The van der Waals surface area contributed by atoms with Gasteiger partial charge in [0, 0.05) is 11.0 Å². The molecule has 0 spiro atoms. The Balaban J connectivity index is 1.71. The highest BCUT2D eigenvalue weighted by atomic mass is 32.2. The third-order valence-electron chi connectivity index (χ3n) is 4.89. The Labute approximate surface area is 197 Å². The number of aliphatic imine (C=N–C) groups is 1. The topological polar surface area (TPSA) is 101 Å². The van der Waals surface area contributed by atoms with E-state index in [1.54, 1.807) is 13.2 Å². The summed E-state index contributed by atoms with van der Waals surface area (Å²) in [7, 11) is 0. The fourth-order valence-electron chi connectivity index (χ4n) is 3.17. The molecule has 0 radical (unpaired) electrons. The molecule has 0 unspecified atom stereocenters. The second-order valence-corrected chi connectivity index (χ2v) is 8.96. The number of amidine groups is 1. The van der Waals surface area contributed by atoms with E-state index in [-0.39, 0.29) is 22.3 Å². The molecule has 1 N–H and O–H groups in total. The van der Waals surface area contributed by atoms with Crippen molar-refractivity contribution in [2.24, 2.45) is 4.99 Å². The van der Waals surface area contributed by atoms with E-state index in [4.69, 9.17) is 0 Å². The number of rotatable bonds is 6. The average Bonchev–Trinajstić information content (AvgIpc) is 3.06. The molecule has 1 aliphatic rings. The quantitative estimate of drug-likeness (QED) is 0.385. The monoisotopic (exact) mass is 483 g/mol. The Morgan fingerprint density at radius 3 is 2.42 bits per heavy atom. The number of carbonyl (C=O) groups excluding carboxylic acids is 1. The largest absolute Gasteiger partial charge is 0.301 e. The number of nitrogens with one attached hydrogen (secondary N) is 1. The van der Waals surface area contributed by atoms with Crippen LogP contribution in [0.2, 0.25) is 0 Å². The van der Waals surface area contributed by atoms with Gasteiger partial charge in [0.1, 0.15) is 5.82 Å². The molecular formula is C22H18FN5O3S2. The fraction of sp³-hybridized carbons (Fsp3) is 0.136. The SMILES string of the molecule is CSC1=N[C@](C)(c2ccc([N+](=O)[O-])c(Sc3ccc(F)cc3)n2)C(=O)N1Nc1ccccc1. The number of nitro groups is 1. The van der Waals surface area contributed by atoms with Crippen molar-refractivity contribution in [3.05, 3.63) is 88.4 Å². The summed E-state index contributed by atoms with van der Waals surface area (Å²) in [4.78, 5) is 34.1. The van der Waals surface area contributed by atoms with Crippen molar-refractivity contribution in [2.45, 2.75) is 22.4 Å². The standard InChI is InChI=1S/C22H18FN5O3S2/c1-22(20(29)27(21(25-22)32-2)26-15-6-4-3-5-7-15)18-13-12-17(28(30)31)19(24-18)33-16-10-8-14(23)9-11-16/h3-13,26H,1-2H3/t22-/m1/s1. The van der Waals surface area contributed by atoms with Crippen molar-refractivity contribution in [1.82, 2.24) is 9.99 Å².